The summed E-state index contributed by atoms with van der Waals surface area (Å²) in [4.78, 5) is 11.4. The Morgan fingerprint density at radius 3 is 2.69 bits per heavy atom. The van der Waals surface area contributed by atoms with Gasteiger partial charge in [-0.1, -0.05) is 27.5 Å². The van der Waals surface area contributed by atoms with Crippen LogP contribution in [0.15, 0.2) is 27.5 Å². The Balaban J connectivity index is 2.92. The first-order chi connectivity index (χ1) is 7.39. The Morgan fingerprint density at radius 2 is 2.06 bits per heavy atom. The Labute approximate surface area is 103 Å². The van der Waals surface area contributed by atoms with Gasteiger partial charge in [0, 0.05) is 9.86 Å². The van der Waals surface area contributed by atoms with Crippen LogP contribution in [0.4, 0.5) is 0 Å². The van der Waals surface area contributed by atoms with E-state index in [0.29, 0.717) is 4.47 Å². The molecule has 0 atom stereocenters. The summed E-state index contributed by atoms with van der Waals surface area (Å²) in [5, 5.41) is 22.2. The second-order valence-electron chi connectivity index (χ2n) is 3.18. The van der Waals surface area contributed by atoms with E-state index in [1.54, 1.807) is 6.07 Å². The van der Waals surface area contributed by atoms with Crippen LogP contribution in [0.1, 0.15) is 5.69 Å². The van der Waals surface area contributed by atoms with Crippen LogP contribution in [0.2, 0.25) is 0 Å². The average Bonchev–Trinajstić information content (AvgIpc) is 2.15. The maximum Gasteiger partial charge on any atom is 0.291 e. The number of benzene rings is 1. The van der Waals surface area contributed by atoms with Gasteiger partial charge in [0.15, 0.2) is 0 Å². The topological polar surface area (TPSA) is 86.2 Å². The fourth-order valence-electron chi connectivity index (χ4n) is 1.38. The first-order valence-corrected chi connectivity index (χ1v) is 5.39. The zero-order valence-electron chi connectivity index (χ0n) is 7.74. The minimum Gasteiger partial charge on any atom is -0.348 e. The first kappa shape index (κ1) is 11.5. The zero-order valence-corrected chi connectivity index (χ0v) is 10.1. The average molecular weight is 306 g/mol. The largest absolute Gasteiger partial charge is 0.348 e. The summed E-state index contributed by atoms with van der Waals surface area (Å²) in [7, 11) is 0. The molecule has 0 saturated carbocycles. The number of hydrogen-bond acceptors (Lipinski definition) is 4. The van der Waals surface area contributed by atoms with Gasteiger partial charge in [-0.15, -0.1) is 0 Å². The number of nitrogens with one attached hydrogen (secondary N) is 1. The van der Waals surface area contributed by atoms with E-state index in [4.69, 9.17) is 11.6 Å². The maximum atomic E-state index is 11.4. The van der Waals surface area contributed by atoms with Crippen molar-refractivity contribution in [1.29, 1.82) is 0 Å². The first-order valence-electron chi connectivity index (χ1n) is 4.21. The van der Waals surface area contributed by atoms with Crippen molar-refractivity contribution < 1.29 is 10.2 Å². The van der Waals surface area contributed by atoms with E-state index in [0.717, 1.165) is 0 Å². The molecule has 0 spiro atoms. The summed E-state index contributed by atoms with van der Waals surface area (Å²) in [6.45, 7) is 0. The van der Waals surface area contributed by atoms with Gasteiger partial charge in [0.1, 0.15) is 5.69 Å². The molecule has 0 aliphatic heterocycles. The fraction of sp³-hybridized carbons (Fsp3) is 0.111. The molecule has 84 valence electrons. The number of rotatable bonds is 1. The molecule has 1 aromatic carbocycles. The SMILES string of the molecule is O=c1[nH]nc(C(O)(O)Cl)c2cc(Br)ccc12. The number of halogens is 2. The van der Waals surface area contributed by atoms with E-state index in [1.165, 1.54) is 12.1 Å². The van der Waals surface area contributed by atoms with Crippen molar-refractivity contribution in [2.45, 2.75) is 5.25 Å². The second-order valence-corrected chi connectivity index (χ2v) is 4.62. The molecule has 5 nitrogen and oxygen atoms in total. The zero-order chi connectivity index (χ0) is 11.9. The third-order valence-electron chi connectivity index (χ3n) is 2.05. The number of fused-ring (bicyclic) bond motifs is 1. The van der Waals surface area contributed by atoms with Gasteiger partial charge < -0.3 is 10.2 Å². The molecule has 0 unspecified atom stereocenters. The molecule has 0 amide bonds. The Hall–Kier alpha value is -0.950. The molecule has 0 fully saturated rings. The van der Waals surface area contributed by atoms with Crippen LogP contribution in [0.25, 0.3) is 10.8 Å². The van der Waals surface area contributed by atoms with Gasteiger partial charge in [-0.25, -0.2) is 5.10 Å². The Morgan fingerprint density at radius 1 is 1.38 bits per heavy atom. The van der Waals surface area contributed by atoms with E-state index in [-0.39, 0.29) is 16.5 Å². The highest BCUT2D eigenvalue weighted by atomic mass is 79.9. The minimum absolute atomic E-state index is 0.218. The van der Waals surface area contributed by atoms with Crippen molar-refractivity contribution >= 4 is 38.3 Å². The van der Waals surface area contributed by atoms with Crippen LogP contribution >= 0.6 is 27.5 Å². The molecule has 2 rings (SSSR count). The highest BCUT2D eigenvalue weighted by Gasteiger charge is 2.27. The summed E-state index contributed by atoms with van der Waals surface area (Å²) in [6.07, 6.45) is 0. The van der Waals surface area contributed by atoms with Crippen molar-refractivity contribution in [3.05, 3.63) is 38.7 Å². The molecule has 0 aliphatic carbocycles. The van der Waals surface area contributed by atoms with Crippen molar-refractivity contribution in [2.24, 2.45) is 0 Å². The predicted octanol–water partition coefficient (Wildman–Crippen LogP) is 1.02. The Bertz CT molecular complexity index is 606. The lowest BCUT2D eigenvalue weighted by molar-refractivity contribution is -0.0928. The van der Waals surface area contributed by atoms with Crippen molar-refractivity contribution in [3.8, 4) is 0 Å². The molecule has 0 radical (unpaired) electrons. The highest BCUT2D eigenvalue weighted by Crippen LogP contribution is 2.27. The monoisotopic (exact) mass is 304 g/mol. The van der Waals surface area contributed by atoms with E-state index in [9.17, 15) is 15.0 Å². The van der Waals surface area contributed by atoms with Crippen LogP contribution in [-0.2, 0) is 5.25 Å². The third kappa shape index (κ3) is 1.97. The van der Waals surface area contributed by atoms with Crippen molar-refractivity contribution in [3.63, 3.8) is 0 Å². The van der Waals surface area contributed by atoms with E-state index < -0.39 is 10.8 Å². The quantitative estimate of drug-likeness (QED) is 0.542. The molecule has 0 saturated heterocycles. The van der Waals surface area contributed by atoms with Gasteiger partial charge in [0.2, 0.25) is 0 Å². The van der Waals surface area contributed by atoms with Crippen LogP contribution in [0, 0.1) is 0 Å². The number of aromatic nitrogens is 2. The van der Waals surface area contributed by atoms with Crippen molar-refractivity contribution in [1.82, 2.24) is 10.2 Å². The number of nitrogens with zero attached hydrogens (tertiary/aromatic N) is 1. The van der Waals surface area contributed by atoms with Gasteiger partial charge >= 0.3 is 0 Å². The van der Waals surface area contributed by atoms with Gasteiger partial charge in [0.05, 0.1) is 5.39 Å². The smallest absolute Gasteiger partial charge is 0.291 e. The molecule has 16 heavy (non-hydrogen) atoms. The van der Waals surface area contributed by atoms with Crippen LogP contribution in [0.3, 0.4) is 0 Å². The van der Waals surface area contributed by atoms with Crippen LogP contribution in [0.5, 0.6) is 0 Å². The minimum atomic E-state index is -2.62. The fourth-order valence-corrected chi connectivity index (χ4v) is 1.89. The summed E-state index contributed by atoms with van der Waals surface area (Å²) < 4.78 is 0.676. The summed E-state index contributed by atoms with van der Waals surface area (Å²) in [5.41, 5.74) is -0.641. The standard InChI is InChI=1S/C9H6BrClN2O3/c10-4-1-2-5-6(3-4)7(9(11,15)16)12-13-8(5)14/h1-3,15-16H,(H,13,14). The van der Waals surface area contributed by atoms with Gasteiger partial charge in [-0.3, -0.25) is 4.79 Å². The summed E-state index contributed by atoms with van der Waals surface area (Å²) in [5.74, 6) is 0. The van der Waals surface area contributed by atoms with E-state index >= 15 is 0 Å². The number of aromatic amines is 1. The normalized spacial score (nSPS) is 12.0. The molecular formula is C9H6BrClN2O3. The van der Waals surface area contributed by atoms with E-state index in [1.807, 2.05) is 0 Å². The predicted molar refractivity (Wildman–Crippen MR) is 62.0 cm³/mol. The lowest BCUT2D eigenvalue weighted by Gasteiger charge is -2.13. The molecule has 0 aliphatic rings. The molecule has 0 bridgehead atoms. The molecule has 2 aromatic rings. The lowest BCUT2D eigenvalue weighted by Crippen LogP contribution is -2.22. The maximum absolute atomic E-state index is 11.4. The van der Waals surface area contributed by atoms with Gasteiger partial charge in [0.25, 0.3) is 10.8 Å². The van der Waals surface area contributed by atoms with Crippen LogP contribution in [-0.4, -0.2) is 20.4 Å². The van der Waals surface area contributed by atoms with Crippen LogP contribution < -0.4 is 5.56 Å². The second kappa shape index (κ2) is 3.81. The summed E-state index contributed by atoms with van der Waals surface area (Å²) in [6, 6.07) is 4.73. The number of H-pyrrole nitrogens is 1. The third-order valence-corrected chi connectivity index (χ3v) is 2.72. The number of alkyl halides is 1. The number of aliphatic hydroxyl groups is 2. The van der Waals surface area contributed by atoms with Crippen molar-refractivity contribution in [2.75, 3.05) is 0 Å². The lowest BCUT2D eigenvalue weighted by atomic mass is 10.1. The molecule has 7 heteroatoms. The van der Waals surface area contributed by atoms with E-state index in [2.05, 4.69) is 26.1 Å². The molecular weight excluding hydrogens is 299 g/mol. The molecule has 1 aromatic heterocycles. The summed E-state index contributed by atoms with van der Waals surface area (Å²) >= 11 is 8.56. The van der Waals surface area contributed by atoms with Gasteiger partial charge in [-0.2, -0.15) is 5.10 Å². The van der Waals surface area contributed by atoms with Gasteiger partial charge in [-0.05, 0) is 18.2 Å². The molecule has 3 N–H and O–H groups in total. The highest BCUT2D eigenvalue weighted by molar-refractivity contribution is 9.10. The number of hydrogen-bond donors (Lipinski definition) is 3. The Kier molecular flexibility index (Phi) is 2.75. The molecule has 1 heterocycles.